The molecule has 0 aromatic heterocycles. The Morgan fingerprint density at radius 2 is 2.00 bits per heavy atom. The molecular weight excluding hydrogens is 152 g/mol. The van der Waals surface area contributed by atoms with Gasteiger partial charge < -0.3 is 0 Å². The zero-order valence-electron chi connectivity index (χ0n) is 7.43. The van der Waals surface area contributed by atoms with Crippen LogP contribution in [0.4, 0.5) is 0 Å². The van der Waals surface area contributed by atoms with E-state index in [1.54, 1.807) is 0 Å². The van der Waals surface area contributed by atoms with Gasteiger partial charge in [-0.3, -0.25) is 9.59 Å². The molecule has 12 heavy (non-hydrogen) atoms. The molecule has 0 aromatic rings. The minimum Gasteiger partial charge on any atom is -0.300 e. The van der Waals surface area contributed by atoms with Crippen molar-refractivity contribution in [1.29, 1.82) is 0 Å². The molecule has 0 N–H and O–H groups in total. The summed E-state index contributed by atoms with van der Waals surface area (Å²) in [5.41, 5.74) is 0. The number of rotatable bonds is 6. The largest absolute Gasteiger partial charge is 0.300 e. The smallest absolute Gasteiger partial charge is 0.140 e. The molecule has 0 saturated heterocycles. The summed E-state index contributed by atoms with van der Waals surface area (Å²) >= 11 is 0. The third-order valence-electron chi connectivity index (χ3n) is 1.47. The van der Waals surface area contributed by atoms with Crippen LogP contribution in [0.2, 0.25) is 0 Å². The molecular formula is C10H14O2. The van der Waals surface area contributed by atoms with E-state index in [9.17, 15) is 9.59 Å². The van der Waals surface area contributed by atoms with Crippen molar-refractivity contribution in [2.24, 2.45) is 0 Å². The minimum atomic E-state index is -0.0584. The highest BCUT2D eigenvalue weighted by atomic mass is 16.1. The lowest BCUT2D eigenvalue weighted by atomic mass is 10.1. The molecule has 66 valence electrons. The van der Waals surface area contributed by atoms with Crippen molar-refractivity contribution in [2.45, 2.75) is 39.0 Å². The van der Waals surface area contributed by atoms with Gasteiger partial charge in [0.1, 0.15) is 11.6 Å². The van der Waals surface area contributed by atoms with Crippen molar-refractivity contribution in [3.8, 4) is 12.3 Å². The van der Waals surface area contributed by atoms with Crippen molar-refractivity contribution in [3.63, 3.8) is 0 Å². The summed E-state index contributed by atoms with van der Waals surface area (Å²) in [5, 5.41) is 0. The minimum absolute atomic E-state index is 0.0273. The van der Waals surface area contributed by atoms with Gasteiger partial charge in [0.05, 0.1) is 6.42 Å². The van der Waals surface area contributed by atoms with Crippen LogP contribution >= 0.6 is 0 Å². The van der Waals surface area contributed by atoms with E-state index < -0.39 is 0 Å². The molecule has 0 rings (SSSR count). The molecule has 0 bridgehead atoms. The molecule has 0 aliphatic heterocycles. The molecule has 0 unspecified atom stereocenters. The van der Waals surface area contributed by atoms with Crippen molar-refractivity contribution < 1.29 is 9.59 Å². The highest BCUT2D eigenvalue weighted by Gasteiger charge is 2.03. The highest BCUT2D eigenvalue weighted by Crippen LogP contribution is 2.01. The third-order valence-corrected chi connectivity index (χ3v) is 1.47. The van der Waals surface area contributed by atoms with Crippen LogP contribution in [0.5, 0.6) is 0 Å². The number of Topliss-reactive ketones (excluding diaryl/α,β-unsaturated/α-hetero) is 2. The Labute approximate surface area is 73.3 Å². The second-order valence-electron chi connectivity index (χ2n) is 2.83. The fourth-order valence-corrected chi connectivity index (χ4v) is 0.915. The van der Waals surface area contributed by atoms with Crippen LogP contribution in [0.1, 0.15) is 39.0 Å². The Hall–Kier alpha value is -1.10. The van der Waals surface area contributed by atoms with Crippen LogP contribution in [0.25, 0.3) is 0 Å². The van der Waals surface area contributed by atoms with Crippen molar-refractivity contribution >= 4 is 11.6 Å². The zero-order valence-corrected chi connectivity index (χ0v) is 7.43. The fourth-order valence-electron chi connectivity index (χ4n) is 0.915. The number of carbonyl (C=O) groups is 2. The van der Waals surface area contributed by atoms with Crippen LogP contribution in [0.3, 0.4) is 0 Å². The first-order chi connectivity index (χ1) is 5.66. The molecule has 0 heterocycles. The van der Waals surface area contributed by atoms with Crippen LogP contribution in [0, 0.1) is 12.3 Å². The van der Waals surface area contributed by atoms with E-state index in [1.807, 2.05) is 0 Å². The van der Waals surface area contributed by atoms with E-state index in [2.05, 4.69) is 5.92 Å². The normalized spacial score (nSPS) is 9.00. The topological polar surface area (TPSA) is 34.1 Å². The maximum absolute atomic E-state index is 10.9. The Morgan fingerprint density at radius 1 is 1.33 bits per heavy atom. The van der Waals surface area contributed by atoms with Crippen LogP contribution in [0.15, 0.2) is 0 Å². The molecule has 0 spiro atoms. The van der Waals surface area contributed by atoms with Gasteiger partial charge in [0, 0.05) is 12.8 Å². The SMILES string of the molecule is C#CCCCCC(=O)CC(C)=O. The second kappa shape index (κ2) is 6.60. The van der Waals surface area contributed by atoms with Gasteiger partial charge in [-0.25, -0.2) is 0 Å². The van der Waals surface area contributed by atoms with E-state index in [0.717, 1.165) is 12.8 Å². The maximum atomic E-state index is 10.9. The molecule has 0 radical (unpaired) electrons. The van der Waals surface area contributed by atoms with Crippen molar-refractivity contribution in [3.05, 3.63) is 0 Å². The summed E-state index contributed by atoms with van der Waals surface area (Å²) in [4.78, 5) is 21.4. The predicted octanol–water partition coefficient (Wildman–Crippen LogP) is 1.73. The Kier molecular flexibility index (Phi) is 6.00. The van der Waals surface area contributed by atoms with E-state index in [0.29, 0.717) is 12.8 Å². The van der Waals surface area contributed by atoms with Gasteiger partial charge >= 0.3 is 0 Å². The molecule has 0 aliphatic carbocycles. The summed E-state index contributed by atoms with van der Waals surface area (Å²) in [6.07, 6.45) is 8.00. The molecule has 2 heteroatoms. The van der Waals surface area contributed by atoms with Gasteiger partial charge in [-0.05, 0) is 19.8 Å². The van der Waals surface area contributed by atoms with Gasteiger partial charge in [-0.15, -0.1) is 12.3 Å². The predicted molar refractivity (Wildman–Crippen MR) is 47.6 cm³/mol. The van der Waals surface area contributed by atoms with Gasteiger partial charge in [0.15, 0.2) is 0 Å². The average Bonchev–Trinajstić information content (AvgIpc) is 1.97. The number of unbranched alkanes of at least 4 members (excludes halogenated alkanes) is 2. The number of ketones is 2. The molecule has 0 aromatic carbocycles. The second-order valence-corrected chi connectivity index (χ2v) is 2.83. The summed E-state index contributed by atoms with van der Waals surface area (Å²) < 4.78 is 0. The lowest BCUT2D eigenvalue weighted by molar-refractivity contribution is -0.125. The maximum Gasteiger partial charge on any atom is 0.140 e. The fraction of sp³-hybridized carbons (Fsp3) is 0.600. The summed E-state index contributed by atoms with van der Waals surface area (Å²) in [5.74, 6) is 2.47. The van der Waals surface area contributed by atoms with Gasteiger partial charge in [0.25, 0.3) is 0 Å². The summed E-state index contributed by atoms with van der Waals surface area (Å²) in [6.45, 7) is 1.43. The Balaban J connectivity index is 3.33. The number of hydrogen-bond acceptors (Lipinski definition) is 2. The van der Waals surface area contributed by atoms with Crippen molar-refractivity contribution in [1.82, 2.24) is 0 Å². The lowest BCUT2D eigenvalue weighted by Crippen LogP contribution is -2.03. The van der Waals surface area contributed by atoms with Crippen LogP contribution in [-0.2, 0) is 9.59 Å². The Bertz CT molecular complexity index is 198. The van der Waals surface area contributed by atoms with Crippen LogP contribution in [-0.4, -0.2) is 11.6 Å². The first-order valence-corrected chi connectivity index (χ1v) is 4.11. The number of hydrogen-bond donors (Lipinski definition) is 0. The molecule has 0 atom stereocenters. The number of terminal acetylenes is 1. The molecule has 0 amide bonds. The number of carbonyl (C=O) groups excluding carboxylic acids is 2. The summed E-state index contributed by atoms with van der Waals surface area (Å²) in [7, 11) is 0. The average molecular weight is 166 g/mol. The van der Waals surface area contributed by atoms with Gasteiger partial charge in [-0.1, -0.05) is 0 Å². The standard InChI is InChI=1S/C10H14O2/c1-3-4-5-6-7-10(12)8-9(2)11/h1H,4-8H2,2H3. The molecule has 0 saturated carbocycles. The molecule has 0 fully saturated rings. The third kappa shape index (κ3) is 7.01. The van der Waals surface area contributed by atoms with Crippen LogP contribution < -0.4 is 0 Å². The van der Waals surface area contributed by atoms with E-state index >= 15 is 0 Å². The quantitative estimate of drug-likeness (QED) is 0.342. The molecule has 2 nitrogen and oxygen atoms in total. The lowest BCUT2D eigenvalue weighted by Gasteiger charge is -1.95. The zero-order chi connectivity index (χ0) is 9.40. The molecule has 0 aliphatic rings. The highest BCUT2D eigenvalue weighted by molar-refractivity contribution is 5.97. The van der Waals surface area contributed by atoms with E-state index in [-0.39, 0.29) is 18.0 Å². The monoisotopic (exact) mass is 166 g/mol. The van der Waals surface area contributed by atoms with Crippen molar-refractivity contribution in [2.75, 3.05) is 0 Å². The summed E-state index contributed by atoms with van der Waals surface area (Å²) in [6, 6.07) is 0. The van der Waals surface area contributed by atoms with Gasteiger partial charge in [0.2, 0.25) is 0 Å². The first kappa shape index (κ1) is 10.9. The van der Waals surface area contributed by atoms with E-state index in [1.165, 1.54) is 6.92 Å². The Morgan fingerprint density at radius 3 is 2.50 bits per heavy atom. The van der Waals surface area contributed by atoms with E-state index in [4.69, 9.17) is 6.42 Å². The first-order valence-electron chi connectivity index (χ1n) is 4.11. The van der Waals surface area contributed by atoms with Gasteiger partial charge in [-0.2, -0.15) is 0 Å².